The van der Waals surface area contributed by atoms with E-state index in [-0.39, 0.29) is 30.4 Å². The van der Waals surface area contributed by atoms with Crippen LogP contribution in [-0.4, -0.2) is 43.8 Å². The highest BCUT2D eigenvalue weighted by atomic mass is 35.5. The van der Waals surface area contributed by atoms with E-state index in [4.69, 9.17) is 5.73 Å². The second kappa shape index (κ2) is 7.00. The fourth-order valence-corrected chi connectivity index (χ4v) is 5.18. The van der Waals surface area contributed by atoms with Gasteiger partial charge in [0.15, 0.2) is 0 Å². The first-order chi connectivity index (χ1) is 10.8. The summed E-state index contributed by atoms with van der Waals surface area (Å²) in [6, 6.07) is 5.02. The largest absolute Gasteiger partial charge is 0.327 e. The molecule has 2 unspecified atom stereocenters. The maximum Gasteiger partial charge on any atom is 0.243 e. The minimum atomic E-state index is -3.52. The van der Waals surface area contributed by atoms with Gasteiger partial charge in [0, 0.05) is 37.8 Å². The van der Waals surface area contributed by atoms with E-state index >= 15 is 0 Å². The smallest absolute Gasteiger partial charge is 0.243 e. The van der Waals surface area contributed by atoms with Crippen molar-refractivity contribution < 1.29 is 13.2 Å². The van der Waals surface area contributed by atoms with E-state index in [1.165, 1.54) is 11.2 Å². The number of piperidine rings is 1. The molecule has 2 aliphatic rings. The van der Waals surface area contributed by atoms with Crippen LogP contribution in [0.3, 0.4) is 0 Å². The fraction of sp³-hybridized carbons (Fsp3) is 0.562. The minimum absolute atomic E-state index is 0. The Balaban J connectivity index is 0.00000208. The number of carbonyl (C=O) groups is 1. The van der Waals surface area contributed by atoms with Gasteiger partial charge in [0.05, 0.1) is 4.90 Å². The maximum atomic E-state index is 12.8. The van der Waals surface area contributed by atoms with Crippen LogP contribution < -0.4 is 10.6 Å². The SMILES string of the molecule is CC(=O)N1c2ccc(S(=O)(=O)N3CCCC(N)C3)cc2CC1C.Cl. The third-order valence-electron chi connectivity index (χ3n) is 4.66. The zero-order valence-electron chi connectivity index (χ0n) is 13.9. The summed E-state index contributed by atoms with van der Waals surface area (Å²) in [4.78, 5) is 13.8. The number of sulfonamides is 1. The Morgan fingerprint density at radius 2 is 2.04 bits per heavy atom. The van der Waals surface area contributed by atoms with Crippen LogP contribution in [0.25, 0.3) is 0 Å². The quantitative estimate of drug-likeness (QED) is 0.851. The number of nitrogens with zero attached hydrogens (tertiary/aromatic N) is 2. The summed E-state index contributed by atoms with van der Waals surface area (Å²) in [5.74, 6) is -0.0196. The van der Waals surface area contributed by atoms with Crippen molar-refractivity contribution in [3.05, 3.63) is 23.8 Å². The Morgan fingerprint density at radius 1 is 1.33 bits per heavy atom. The Hall–Kier alpha value is -1.15. The summed E-state index contributed by atoms with van der Waals surface area (Å²) in [5.41, 5.74) is 7.64. The summed E-state index contributed by atoms with van der Waals surface area (Å²) in [6.07, 6.45) is 2.33. The molecule has 1 amide bonds. The first-order valence-electron chi connectivity index (χ1n) is 7.99. The predicted octanol–water partition coefficient (Wildman–Crippen LogP) is 1.52. The lowest BCUT2D eigenvalue weighted by molar-refractivity contribution is -0.116. The van der Waals surface area contributed by atoms with E-state index in [9.17, 15) is 13.2 Å². The molecule has 8 heteroatoms. The van der Waals surface area contributed by atoms with Gasteiger partial charge in [-0.05, 0) is 49.9 Å². The van der Waals surface area contributed by atoms with Gasteiger partial charge < -0.3 is 10.6 Å². The molecule has 0 saturated carbocycles. The van der Waals surface area contributed by atoms with Gasteiger partial charge in [-0.2, -0.15) is 4.31 Å². The highest BCUT2D eigenvalue weighted by molar-refractivity contribution is 7.89. The molecular formula is C16H24ClN3O3S. The maximum absolute atomic E-state index is 12.8. The van der Waals surface area contributed by atoms with Crippen LogP contribution in [0.1, 0.15) is 32.3 Å². The molecule has 1 aromatic carbocycles. The number of anilines is 1. The van der Waals surface area contributed by atoms with Crippen LogP contribution in [0.4, 0.5) is 5.69 Å². The molecule has 0 spiro atoms. The molecule has 0 aliphatic carbocycles. The van der Waals surface area contributed by atoms with Crippen LogP contribution in [0.5, 0.6) is 0 Å². The molecule has 24 heavy (non-hydrogen) atoms. The van der Waals surface area contributed by atoms with Gasteiger partial charge in [-0.3, -0.25) is 4.79 Å². The van der Waals surface area contributed by atoms with Crippen molar-refractivity contribution in [1.29, 1.82) is 0 Å². The van der Waals surface area contributed by atoms with E-state index in [0.717, 1.165) is 24.1 Å². The molecule has 6 nitrogen and oxygen atoms in total. The lowest BCUT2D eigenvalue weighted by Gasteiger charge is -2.30. The molecule has 0 radical (unpaired) electrons. The molecule has 2 N–H and O–H groups in total. The Labute approximate surface area is 149 Å². The minimum Gasteiger partial charge on any atom is -0.327 e. The van der Waals surface area contributed by atoms with Crippen molar-refractivity contribution in [3.8, 4) is 0 Å². The number of hydrogen-bond donors (Lipinski definition) is 1. The van der Waals surface area contributed by atoms with E-state index in [0.29, 0.717) is 24.4 Å². The standard InChI is InChI=1S/C16H23N3O3S.ClH/c1-11-8-13-9-15(5-6-16(13)19(11)12(2)20)23(21,22)18-7-3-4-14(17)10-18;/h5-6,9,11,14H,3-4,7-8,10,17H2,1-2H3;1H. The topological polar surface area (TPSA) is 83.7 Å². The molecule has 1 aromatic rings. The van der Waals surface area contributed by atoms with E-state index < -0.39 is 10.0 Å². The number of nitrogens with two attached hydrogens (primary N) is 1. The Bertz CT molecular complexity index is 738. The van der Waals surface area contributed by atoms with E-state index in [1.807, 2.05) is 6.92 Å². The van der Waals surface area contributed by atoms with Crippen molar-refractivity contribution >= 4 is 34.0 Å². The molecule has 3 rings (SSSR count). The lowest BCUT2D eigenvalue weighted by atomic mass is 10.1. The molecule has 1 fully saturated rings. The third kappa shape index (κ3) is 3.31. The van der Waals surface area contributed by atoms with Crippen molar-refractivity contribution in [3.63, 3.8) is 0 Å². The van der Waals surface area contributed by atoms with Crippen LogP contribution >= 0.6 is 12.4 Å². The number of carbonyl (C=O) groups excluding carboxylic acids is 1. The van der Waals surface area contributed by atoms with Gasteiger partial charge in [-0.15, -0.1) is 12.4 Å². The number of halogens is 1. The van der Waals surface area contributed by atoms with Crippen molar-refractivity contribution in [2.45, 2.75) is 50.1 Å². The van der Waals surface area contributed by atoms with Crippen molar-refractivity contribution in [2.24, 2.45) is 5.73 Å². The highest BCUT2D eigenvalue weighted by Gasteiger charge is 2.33. The van der Waals surface area contributed by atoms with Crippen molar-refractivity contribution in [2.75, 3.05) is 18.0 Å². The number of fused-ring (bicyclic) bond motifs is 1. The molecular weight excluding hydrogens is 350 g/mol. The van der Waals surface area contributed by atoms with E-state index in [1.54, 1.807) is 23.1 Å². The number of benzene rings is 1. The number of hydrogen-bond acceptors (Lipinski definition) is 4. The van der Waals surface area contributed by atoms with Gasteiger partial charge >= 0.3 is 0 Å². The summed E-state index contributed by atoms with van der Waals surface area (Å²) >= 11 is 0. The van der Waals surface area contributed by atoms with Gasteiger partial charge in [0.1, 0.15) is 0 Å². The van der Waals surface area contributed by atoms with Crippen LogP contribution in [0.2, 0.25) is 0 Å². The number of amides is 1. The zero-order valence-corrected chi connectivity index (χ0v) is 15.6. The summed E-state index contributed by atoms with van der Waals surface area (Å²) in [5, 5.41) is 0. The fourth-order valence-electron chi connectivity index (χ4n) is 3.59. The molecule has 0 bridgehead atoms. The molecule has 0 aromatic heterocycles. The summed E-state index contributed by atoms with van der Waals surface area (Å²) in [7, 11) is -3.52. The molecule has 2 atom stereocenters. The predicted molar refractivity (Wildman–Crippen MR) is 96.0 cm³/mol. The van der Waals surface area contributed by atoms with E-state index in [2.05, 4.69) is 0 Å². The first kappa shape index (κ1) is 19.2. The summed E-state index contributed by atoms with van der Waals surface area (Å²) in [6.45, 7) is 4.39. The molecule has 2 aliphatic heterocycles. The Kier molecular flexibility index (Phi) is 5.59. The highest BCUT2D eigenvalue weighted by Crippen LogP contribution is 2.34. The number of rotatable bonds is 2. The second-order valence-electron chi connectivity index (χ2n) is 6.50. The average molecular weight is 374 g/mol. The van der Waals surface area contributed by atoms with Crippen LogP contribution in [0, 0.1) is 0 Å². The zero-order chi connectivity index (χ0) is 16.8. The van der Waals surface area contributed by atoms with Gasteiger partial charge in [-0.1, -0.05) is 0 Å². The third-order valence-corrected chi connectivity index (χ3v) is 6.53. The Morgan fingerprint density at radius 3 is 2.67 bits per heavy atom. The van der Waals surface area contributed by atoms with Gasteiger partial charge in [-0.25, -0.2) is 8.42 Å². The normalized spacial score (nSPS) is 24.4. The molecule has 1 saturated heterocycles. The van der Waals surface area contributed by atoms with Crippen molar-refractivity contribution in [1.82, 2.24) is 4.31 Å². The van der Waals surface area contributed by atoms with Gasteiger partial charge in [0.2, 0.25) is 15.9 Å². The summed E-state index contributed by atoms with van der Waals surface area (Å²) < 4.78 is 27.1. The van der Waals surface area contributed by atoms with Crippen LogP contribution in [0.15, 0.2) is 23.1 Å². The lowest BCUT2D eigenvalue weighted by Crippen LogP contribution is -2.45. The molecule has 134 valence electrons. The monoisotopic (exact) mass is 373 g/mol. The van der Waals surface area contributed by atoms with Gasteiger partial charge in [0.25, 0.3) is 0 Å². The van der Waals surface area contributed by atoms with Crippen LogP contribution in [-0.2, 0) is 21.2 Å². The molecule has 2 heterocycles. The average Bonchev–Trinajstić information content (AvgIpc) is 2.82. The first-order valence-corrected chi connectivity index (χ1v) is 9.43. The second-order valence-corrected chi connectivity index (χ2v) is 8.44.